The van der Waals surface area contributed by atoms with Gasteiger partial charge in [-0.05, 0) is 17.7 Å². The maximum atomic E-state index is 13.1. The first-order valence-corrected chi connectivity index (χ1v) is 4.09. The Morgan fingerprint density at radius 1 is 1.29 bits per heavy atom. The van der Waals surface area contributed by atoms with Crippen molar-refractivity contribution in [3.8, 4) is 0 Å². The van der Waals surface area contributed by atoms with Gasteiger partial charge in [-0.3, -0.25) is 0 Å². The Labute approximate surface area is 80.0 Å². The summed E-state index contributed by atoms with van der Waals surface area (Å²) in [6, 6.07) is 2.10. The van der Waals surface area contributed by atoms with Crippen molar-refractivity contribution in [2.24, 2.45) is 5.73 Å². The van der Waals surface area contributed by atoms with Gasteiger partial charge in [-0.2, -0.15) is 0 Å². The quantitative estimate of drug-likeness (QED) is 0.798. The molecule has 0 atom stereocenters. The molecule has 2 N–H and O–H groups in total. The Kier molecular flexibility index (Phi) is 3.71. The molecule has 0 amide bonds. The van der Waals surface area contributed by atoms with Crippen LogP contribution >= 0.6 is 0 Å². The Morgan fingerprint density at radius 3 is 2.57 bits per heavy atom. The average molecular weight is 201 g/mol. The highest BCUT2D eigenvalue weighted by molar-refractivity contribution is 5.51. The van der Waals surface area contributed by atoms with E-state index < -0.39 is 18.3 Å². The molecule has 1 aromatic carbocycles. The van der Waals surface area contributed by atoms with Gasteiger partial charge in [0.2, 0.25) is 0 Å². The molecule has 0 unspecified atom stereocenters. The van der Waals surface area contributed by atoms with Crippen molar-refractivity contribution in [3.63, 3.8) is 0 Å². The van der Waals surface area contributed by atoms with E-state index in [4.69, 9.17) is 5.73 Å². The summed E-state index contributed by atoms with van der Waals surface area (Å²) in [6.07, 6.45) is 2.80. The molecule has 0 bridgehead atoms. The van der Waals surface area contributed by atoms with E-state index in [1.165, 1.54) is 18.2 Å². The molecule has 0 saturated carbocycles. The molecule has 76 valence electrons. The van der Waals surface area contributed by atoms with Crippen molar-refractivity contribution in [2.75, 3.05) is 6.54 Å². The van der Waals surface area contributed by atoms with Crippen LogP contribution in [0.15, 0.2) is 18.2 Å². The van der Waals surface area contributed by atoms with Crippen molar-refractivity contribution < 1.29 is 13.2 Å². The summed E-state index contributed by atoms with van der Waals surface area (Å²) in [7, 11) is 0. The van der Waals surface area contributed by atoms with E-state index in [9.17, 15) is 13.2 Å². The monoisotopic (exact) mass is 201 g/mol. The first kappa shape index (κ1) is 10.8. The van der Waals surface area contributed by atoms with Crippen LogP contribution < -0.4 is 5.73 Å². The minimum atomic E-state index is -1.04. The maximum Gasteiger partial charge on any atom is 0.166 e. The van der Waals surface area contributed by atoms with Crippen LogP contribution in [-0.2, 0) is 6.67 Å². The fourth-order valence-corrected chi connectivity index (χ4v) is 1.06. The highest BCUT2D eigenvalue weighted by Crippen LogP contribution is 2.17. The lowest BCUT2D eigenvalue weighted by atomic mass is 10.1. The lowest BCUT2D eigenvalue weighted by molar-refractivity contribution is 0.472. The van der Waals surface area contributed by atoms with Crippen LogP contribution in [0.5, 0.6) is 0 Å². The van der Waals surface area contributed by atoms with Crippen LogP contribution in [0.25, 0.3) is 6.08 Å². The smallest absolute Gasteiger partial charge is 0.166 e. The minimum Gasteiger partial charge on any atom is -0.327 e. The van der Waals surface area contributed by atoms with Gasteiger partial charge in [-0.1, -0.05) is 12.2 Å². The molecule has 0 aromatic heterocycles. The van der Waals surface area contributed by atoms with Crippen LogP contribution in [0.4, 0.5) is 13.2 Å². The molecule has 14 heavy (non-hydrogen) atoms. The number of benzene rings is 1. The fraction of sp³-hybridized carbons (Fsp3) is 0.200. The lowest BCUT2D eigenvalue weighted by Crippen LogP contribution is -1.95. The summed E-state index contributed by atoms with van der Waals surface area (Å²) in [5, 5.41) is 0. The molecule has 0 saturated heterocycles. The number of alkyl halides is 1. The second kappa shape index (κ2) is 4.81. The third kappa shape index (κ3) is 2.35. The predicted octanol–water partition coefficient (Wildman–Crippen LogP) is 2.41. The van der Waals surface area contributed by atoms with Gasteiger partial charge < -0.3 is 5.73 Å². The molecule has 1 aromatic rings. The van der Waals surface area contributed by atoms with Crippen LogP contribution in [0.3, 0.4) is 0 Å². The third-order valence-corrected chi connectivity index (χ3v) is 1.70. The summed E-state index contributed by atoms with van der Waals surface area (Å²) in [5.74, 6) is -2.02. The molecule has 0 aliphatic heterocycles. The number of hydrogen-bond donors (Lipinski definition) is 1. The van der Waals surface area contributed by atoms with Gasteiger partial charge in [-0.15, -0.1) is 0 Å². The maximum absolute atomic E-state index is 13.1. The Hall–Kier alpha value is -1.29. The lowest BCUT2D eigenvalue weighted by Gasteiger charge is -2.01. The molecule has 1 nitrogen and oxygen atoms in total. The molecular weight excluding hydrogens is 191 g/mol. The second-order valence-corrected chi connectivity index (χ2v) is 2.75. The first-order chi connectivity index (χ1) is 6.69. The molecule has 0 fully saturated rings. The standard InChI is InChI=1S/C10H10F3N/c11-6-7-4-8(2-1-3-14)10(13)9(12)5-7/h1-2,4-5H,3,6,14H2/b2-1+. The van der Waals surface area contributed by atoms with Crippen LogP contribution in [0.1, 0.15) is 11.1 Å². The van der Waals surface area contributed by atoms with Crippen molar-refractivity contribution >= 4 is 6.08 Å². The van der Waals surface area contributed by atoms with Crippen LogP contribution in [0.2, 0.25) is 0 Å². The zero-order chi connectivity index (χ0) is 10.6. The highest BCUT2D eigenvalue weighted by atomic mass is 19.2. The van der Waals surface area contributed by atoms with Crippen molar-refractivity contribution in [1.82, 2.24) is 0 Å². The normalized spacial score (nSPS) is 11.1. The summed E-state index contributed by atoms with van der Waals surface area (Å²) in [6.45, 7) is -0.596. The Morgan fingerprint density at radius 2 is 2.00 bits per heavy atom. The van der Waals surface area contributed by atoms with Gasteiger partial charge >= 0.3 is 0 Å². The van der Waals surface area contributed by atoms with E-state index in [1.54, 1.807) is 0 Å². The van der Waals surface area contributed by atoms with Crippen LogP contribution in [0, 0.1) is 11.6 Å². The highest BCUT2D eigenvalue weighted by Gasteiger charge is 2.08. The third-order valence-electron chi connectivity index (χ3n) is 1.70. The zero-order valence-electron chi connectivity index (χ0n) is 7.43. The number of rotatable bonds is 3. The predicted molar refractivity (Wildman–Crippen MR) is 49.3 cm³/mol. The molecule has 0 aliphatic carbocycles. The zero-order valence-corrected chi connectivity index (χ0v) is 7.43. The van der Waals surface area contributed by atoms with Crippen molar-refractivity contribution in [1.29, 1.82) is 0 Å². The number of halogens is 3. The van der Waals surface area contributed by atoms with Gasteiger partial charge in [0.15, 0.2) is 11.6 Å². The van der Waals surface area contributed by atoms with E-state index >= 15 is 0 Å². The molecular formula is C10H10F3N. The largest absolute Gasteiger partial charge is 0.327 e. The SMILES string of the molecule is NC/C=C/c1cc(CF)cc(F)c1F. The average Bonchev–Trinajstić information content (AvgIpc) is 2.20. The minimum absolute atomic E-state index is 0.0168. The van der Waals surface area contributed by atoms with Crippen molar-refractivity contribution in [3.05, 3.63) is 41.0 Å². The van der Waals surface area contributed by atoms with Crippen LogP contribution in [-0.4, -0.2) is 6.54 Å². The molecule has 0 heterocycles. The topological polar surface area (TPSA) is 26.0 Å². The van der Waals surface area contributed by atoms with Gasteiger partial charge in [0.1, 0.15) is 6.67 Å². The Balaban J connectivity index is 3.13. The van der Waals surface area contributed by atoms with Crippen molar-refractivity contribution in [2.45, 2.75) is 6.67 Å². The van der Waals surface area contributed by atoms with E-state index in [0.717, 1.165) is 6.07 Å². The molecule has 0 aliphatic rings. The summed E-state index contributed by atoms with van der Waals surface area (Å²) < 4.78 is 38.1. The van der Waals surface area contributed by atoms with Gasteiger partial charge in [0.05, 0.1) is 0 Å². The van der Waals surface area contributed by atoms with Gasteiger partial charge in [0.25, 0.3) is 0 Å². The van der Waals surface area contributed by atoms with E-state index in [1.807, 2.05) is 0 Å². The summed E-state index contributed by atoms with van der Waals surface area (Å²) in [5.41, 5.74) is 5.29. The molecule has 0 spiro atoms. The second-order valence-electron chi connectivity index (χ2n) is 2.75. The van der Waals surface area contributed by atoms with Gasteiger partial charge in [-0.25, -0.2) is 13.2 Å². The summed E-state index contributed by atoms with van der Waals surface area (Å²) >= 11 is 0. The van der Waals surface area contributed by atoms with E-state index in [2.05, 4.69) is 0 Å². The van der Waals surface area contributed by atoms with E-state index in [0.29, 0.717) is 0 Å². The number of nitrogens with two attached hydrogens (primary N) is 1. The van der Waals surface area contributed by atoms with Gasteiger partial charge in [0, 0.05) is 12.1 Å². The molecule has 0 radical (unpaired) electrons. The fourth-order valence-electron chi connectivity index (χ4n) is 1.06. The first-order valence-electron chi connectivity index (χ1n) is 4.09. The summed E-state index contributed by atoms with van der Waals surface area (Å²) in [4.78, 5) is 0. The molecule has 4 heteroatoms. The number of hydrogen-bond acceptors (Lipinski definition) is 1. The Bertz CT molecular complexity index is 347. The molecule has 1 rings (SSSR count). The van der Waals surface area contributed by atoms with E-state index in [-0.39, 0.29) is 17.7 Å².